The standard InChI is InChI=1S/C26H21BrN4O2/c1-16-13-19(17(2)31(16)22-11-4-3-10-21(22)27)14-28-29-24(32)15-30-23-12-6-8-18-7-5-9-20(25(18)23)26(30)33/h3-14H,15H2,1-2H3,(H,29,32)/b28-14+. The molecule has 1 aromatic heterocycles. The highest BCUT2D eigenvalue weighted by Crippen LogP contribution is 2.36. The van der Waals surface area contributed by atoms with E-state index in [0.29, 0.717) is 5.56 Å². The van der Waals surface area contributed by atoms with Gasteiger partial charge in [0, 0.05) is 32.4 Å². The second-order valence-electron chi connectivity index (χ2n) is 7.98. The molecule has 33 heavy (non-hydrogen) atoms. The first kappa shape index (κ1) is 21.2. The van der Waals surface area contributed by atoms with Crippen LogP contribution >= 0.6 is 15.9 Å². The van der Waals surface area contributed by atoms with Gasteiger partial charge in [0.25, 0.3) is 11.8 Å². The number of benzene rings is 3. The number of amides is 2. The van der Waals surface area contributed by atoms with Crippen molar-refractivity contribution >= 4 is 50.4 Å². The number of carbonyl (C=O) groups is 2. The summed E-state index contributed by atoms with van der Waals surface area (Å²) in [5.41, 5.74) is 7.95. The molecule has 0 unspecified atom stereocenters. The lowest BCUT2D eigenvalue weighted by Gasteiger charge is -2.16. The second kappa shape index (κ2) is 8.33. The molecule has 2 heterocycles. The normalized spacial score (nSPS) is 12.8. The molecule has 0 spiro atoms. The highest BCUT2D eigenvalue weighted by Gasteiger charge is 2.30. The molecule has 0 aliphatic carbocycles. The van der Waals surface area contributed by atoms with Gasteiger partial charge in [-0.3, -0.25) is 14.5 Å². The van der Waals surface area contributed by atoms with Gasteiger partial charge in [0.15, 0.2) is 0 Å². The van der Waals surface area contributed by atoms with Crippen LogP contribution in [0.3, 0.4) is 0 Å². The van der Waals surface area contributed by atoms with Gasteiger partial charge in [-0.25, -0.2) is 5.43 Å². The third-order valence-corrected chi connectivity index (χ3v) is 6.58. The van der Waals surface area contributed by atoms with Crippen molar-refractivity contribution in [3.05, 3.63) is 93.7 Å². The van der Waals surface area contributed by atoms with Gasteiger partial charge in [0.1, 0.15) is 6.54 Å². The molecule has 3 aromatic carbocycles. The molecule has 0 fully saturated rings. The summed E-state index contributed by atoms with van der Waals surface area (Å²) in [5, 5.41) is 6.03. The van der Waals surface area contributed by atoms with E-state index in [1.165, 1.54) is 4.90 Å². The topological polar surface area (TPSA) is 66.7 Å². The maximum Gasteiger partial charge on any atom is 0.260 e. The SMILES string of the molecule is Cc1cc(/C=N/NC(=O)CN2C(=O)c3cccc4cccc2c34)c(C)n1-c1ccccc1Br. The third kappa shape index (κ3) is 3.64. The van der Waals surface area contributed by atoms with E-state index in [9.17, 15) is 9.59 Å². The summed E-state index contributed by atoms with van der Waals surface area (Å²) in [4.78, 5) is 27.0. The van der Waals surface area contributed by atoms with Crippen LogP contribution in [0.5, 0.6) is 0 Å². The van der Waals surface area contributed by atoms with Crippen LogP contribution in [0.1, 0.15) is 27.3 Å². The molecular weight excluding hydrogens is 480 g/mol. The largest absolute Gasteiger partial charge is 0.317 e. The van der Waals surface area contributed by atoms with Crippen LogP contribution in [0, 0.1) is 13.8 Å². The Bertz CT molecular complexity index is 1450. The molecule has 7 heteroatoms. The molecule has 1 N–H and O–H groups in total. The van der Waals surface area contributed by atoms with E-state index < -0.39 is 0 Å². The Labute approximate surface area is 199 Å². The minimum atomic E-state index is -0.357. The highest BCUT2D eigenvalue weighted by molar-refractivity contribution is 9.10. The number of nitrogens with one attached hydrogen (secondary N) is 1. The lowest BCUT2D eigenvalue weighted by molar-refractivity contribution is -0.119. The van der Waals surface area contributed by atoms with E-state index in [-0.39, 0.29) is 18.4 Å². The van der Waals surface area contributed by atoms with Gasteiger partial charge in [-0.15, -0.1) is 0 Å². The predicted octanol–water partition coefficient (Wildman–Crippen LogP) is 5.12. The summed E-state index contributed by atoms with van der Waals surface area (Å²) >= 11 is 3.61. The van der Waals surface area contributed by atoms with Gasteiger partial charge >= 0.3 is 0 Å². The maximum atomic E-state index is 12.9. The highest BCUT2D eigenvalue weighted by atomic mass is 79.9. The van der Waals surface area contributed by atoms with Crippen LogP contribution in [-0.4, -0.2) is 29.1 Å². The first-order valence-corrected chi connectivity index (χ1v) is 11.3. The molecule has 2 amide bonds. The van der Waals surface area contributed by atoms with Gasteiger partial charge in [-0.2, -0.15) is 5.10 Å². The minimum absolute atomic E-state index is 0.0973. The van der Waals surface area contributed by atoms with E-state index in [4.69, 9.17) is 0 Å². The lowest BCUT2D eigenvalue weighted by atomic mass is 10.1. The van der Waals surface area contributed by atoms with E-state index in [0.717, 1.165) is 43.6 Å². The van der Waals surface area contributed by atoms with Crippen molar-refractivity contribution in [2.75, 3.05) is 11.4 Å². The van der Waals surface area contributed by atoms with Gasteiger partial charge in [-0.1, -0.05) is 36.4 Å². The molecule has 1 aliphatic rings. The maximum absolute atomic E-state index is 12.9. The average molecular weight is 501 g/mol. The van der Waals surface area contributed by atoms with Crippen molar-refractivity contribution in [1.82, 2.24) is 9.99 Å². The molecule has 5 rings (SSSR count). The molecule has 0 atom stereocenters. The quantitative estimate of drug-likeness (QED) is 0.305. The summed E-state index contributed by atoms with van der Waals surface area (Å²) in [6.45, 7) is 3.94. The Hall–Kier alpha value is -3.71. The Balaban J connectivity index is 1.32. The third-order valence-electron chi connectivity index (χ3n) is 5.91. The number of rotatable bonds is 5. The molecule has 0 bridgehead atoms. The fourth-order valence-corrected chi connectivity index (χ4v) is 4.87. The summed E-state index contributed by atoms with van der Waals surface area (Å²) in [6, 6.07) is 21.4. The number of para-hydroxylation sites is 1. The fourth-order valence-electron chi connectivity index (χ4n) is 4.41. The summed E-state index contributed by atoms with van der Waals surface area (Å²) in [7, 11) is 0. The lowest BCUT2D eigenvalue weighted by Crippen LogP contribution is -2.37. The van der Waals surface area contributed by atoms with Gasteiger partial charge in [0.2, 0.25) is 0 Å². The number of carbonyl (C=O) groups excluding carboxylic acids is 2. The van der Waals surface area contributed by atoms with E-state index in [1.54, 1.807) is 12.3 Å². The van der Waals surface area contributed by atoms with E-state index in [1.807, 2.05) is 74.5 Å². The summed E-state index contributed by atoms with van der Waals surface area (Å²) in [6.07, 6.45) is 1.63. The molecule has 164 valence electrons. The zero-order chi connectivity index (χ0) is 23.1. The van der Waals surface area contributed by atoms with E-state index >= 15 is 0 Å². The number of anilines is 1. The summed E-state index contributed by atoms with van der Waals surface area (Å²) in [5.74, 6) is -0.526. The molecule has 1 aliphatic heterocycles. The van der Waals surface area contributed by atoms with Crippen LogP contribution < -0.4 is 10.3 Å². The van der Waals surface area contributed by atoms with Crippen LogP contribution in [0.25, 0.3) is 16.5 Å². The van der Waals surface area contributed by atoms with Gasteiger partial charge in [0.05, 0.1) is 17.6 Å². The van der Waals surface area contributed by atoms with Gasteiger partial charge < -0.3 is 4.57 Å². The Morgan fingerprint density at radius 3 is 2.55 bits per heavy atom. The molecule has 4 aromatic rings. The van der Waals surface area contributed by atoms with Crippen molar-refractivity contribution < 1.29 is 9.59 Å². The summed E-state index contributed by atoms with van der Waals surface area (Å²) < 4.78 is 3.13. The molecule has 0 saturated heterocycles. The van der Waals surface area contributed by atoms with Crippen molar-refractivity contribution in [1.29, 1.82) is 0 Å². The zero-order valence-electron chi connectivity index (χ0n) is 18.2. The van der Waals surface area contributed by atoms with Crippen molar-refractivity contribution in [2.45, 2.75) is 13.8 Å². The van der Waals surface area contributed by atoms with E-state index in [2.05, 4.69) is 31.0 Å². The predicted molar refractivity (Wildman–Crippen MR) is 134 cm³/mol. The number of aromatic nitrogens is 1. The second-order valence-corrected chi connectivity index (χ2v) is 8.83. The number of nitrogens with zero attached hydrogens (tertiary/aromatic N) is 3. The number of halogens is 1. The van der Waals surface area contributed by atoms with Crippen LogP contribution in [0.2, 0.25) is 0 Å². The van der Waals surface area contributed by atoms with Crippen LogP contribution in [-0.2, 0) is 4.79 Å². The number of hydrazone groups is 1. The molecule has 6 nitrogen and oxygen atoms in total. The fraction of sp³-hybridized carbons (Fsp3) is 0.115. The number of hydrogen-bond acceptors (Lipinski definition) is 3. The van der Waals surface area contributed by atoms with Crippen molar-refractivity contribution in [3.63, 3.8) is 0 Å². The zero-order valence-corrected chi connectivity index (χ0v) is 19.8. The van der Waals surface area contributed by atoms with Crippen molar-refractivity contribution in [2.24, 2.45) is 5.10 Å². The number of hydrogen-bond donors (Lipinski definition) is 1. The Kier molecular flexibility index (Phi) is 5.34. The molecule has 0 radical (unpaired) electrons. The first-order valence-electron chi connectivity index (χ1n) is 10.5. The van der Waals surface area contributed by atoms with Crippen LogP contribution in [0.15, 0.2) is 76.3 Å². The van der Waals surface area contributed by atoms with Crippen molar-refractivity contribution in [3.8, 4) is 5.69 Å². The molecule has 0 saturated carbocycles. The minimum Gasteiger partial charge on any atom is -0.317 e. The Morgan fingerprint density at radius 1 is 1.03 bits per heavy atom. The smallest absolute Gasteiger partial charge is 0.260 e. The average Bonchev–Trinajstić information content (AvgIpc) is 3.24. The monoisotopic (exact) mass is 500 g/mol. The number of aryl methyl sites for hydroxylation is 1. The van der Waals surface area contributed by atoms with Gasteiger partial charge in [-0.05, 0) is 65.5 Å². The first-order chi connectivity index (χ1) is 16.0. The molecular formula is C26H21BrN4O2. The Morgan fingerprint density at radius 2 is 1.76 bits per heavy atom. The van der Waals surface area contributed by atoms with Crippen LogP contribution in [0.4, 0.5) is 5.69 Å².